The van der Waals surface area contributed by atoms with Crippen molar-refractivity contribution in [2.24, 2.45) is 5.73 Å². The number of aromatic nitrogens is 3. The molecule has 2 heterocycles. The van der Waals surface area contributed by atoms with Crippen molar-refractivity contribution < 1.29 is 23.9 Å². The van der Waals surface area contributed by atoms with Crippen molar-refractivity contribution in [1.82, 2.24) is 14.8 Å². The van der Waals surface area contributed by atoms with E-state index in [1.54, 1.807) is 19.9 Å². The zero-order valence-electron chi connectivity index (χ0n) is 22.0. The van der Waals surface area contributed by atoms with Gasteiger partial charge >= 0.3 is 5.97 Å². The van der Waals surface area contributed by atoms with Gasteiger partial charge in [0.2, 0.25) is 5.91 Å². The first-order valence-electron chi connectivity index (χ1n) is 11.9. The summed E-state index contributed by atoms with van der Waals surface area (Å²) in [6.45, 7) is 13.5. The van der Waals surface area contributed by atoms with Crippen molar-refractivity contribution in [2.75, 3.05) is 17.7 Å². The molecule has 0 bridgehead atoms. The number of carbonyl (C=O) groups excluding carboxylic acids is 3. The summed E-state index contributed by atoms with van der Waals surface area (Å²) in [5.41, 5.74) is 8.12. The number of esters is 1. The molecule has 0 aliphatic carbocycles. The summed E-state index contributed by atoms with van der Waals surface area (Å²) in [6.07, 6.45) is 1.31. The van der Waals surface area contributed by atoms with Gasteiger partial charge in [-0.25, -0.2) is 4.79 Å². The first-order chi connectivity index (χ1) is 18.0. The molecule has 3 aromatic rings. The maximum Gasteiger partial charge on any atom is 0.341 e. The topological polar surface area (TPSA) is 138 Å². The van der Waals surface area contributed by atoms with E-state index in [2.05, 4.69) is 28.2 Å². The molecule has 10 nitrogen and oxygen atoms in total. The van der Waals surface area contributed by atoms with Gasteiger partial charge < -0.3 is 20.5 Å². The van der Waals surface area contributed by atoms with E-state index in [-0.39, 0.29) is 27.8 Å². The Balaban J connectivity index is 1.75. The number of ether oxygens (including phenoxy) is 2. The van der Waals surface area contributed by atoms with Crippen LogP contribution in [0.3, 0.4) is 0 Å². The molecule has 0 radical (unpaired) electrons. The van der Waals surface area contributed by atoms with E-state index in [0.717, 1.165) is 28.2 Å². The van der Waals surface area contributed by atoms with Crippen LogP contribution in [0.2, 0.25) is 0 Å². The van der Waals surface area contributed by atoms with Gasteiger partial charge in [0.05, 0.1) is 22.8 Å². The van der Waals surface area contributed by atoms with Gasteiger partial charge in [-0.3, -0.25) is 14.2 Å². The van der Waals surface area contributed by atoms with Crippen LogP contribution in [-0.4, -0.2) is 44.9 Å². The lowest BCUT2D eigenvalue weighted by Gasteiger charge is -2.16. The molecule has 0 saturated heterocycles. The molecule has 38 heavy (non-hydrogen) atoms. The Hall–Kier alpha value is -3.64. The number of carbonyl (C=O) groups is 3. The molecule has 0 saturated carbocycles. The van der Waals surface area contributed by atoms with Crippen molar-refractivity contribution in [2.45, 2.75) is 52.4 Å². The van der Waals surface area contributed by atoms with Crippen LogP contribution in [0.1, 0.15) is 62.5 Å². The molecule has 0 aliphatic rings. The molecule has 1 aromatic carbocycles. The van der Waals surface area contributed by atoms with Gasteiger partial charge in [0.15, 0.2) is 17.1 Å². The van der Waals surface area contributed by atoms with Gasteiger partial charge in [-0.2, -0.15) is 0 Å². The normalized spacial score (nSPS) is 11.6. The van der Waals surface area contributed by atoms with Crippen LogP contribution in [0.15, 0.2) is 36.0 Å². The lowest BCUT2D eigenvalue weighted by Crippen LogP contribution is -2.17. The standard InChI is InChI=1S/C26H31N5O5S2/c1-7-9-31-23(17(6)36-18-11-14(3)10-15(4)12-18)29-30-26(31)37-13-19(32)28-24-20(25(34)35-8-2)16(5)21(38-24)22(27)33/h7,10-12,17H,1,8-9,13H2,2-6H3,(H2,27,33)(H,28,32). The Morgan fingerprint density at radius 2 is 1.89 bits per heavy atom. The minimum atomic E-state index is -0.685. The number of amides is 2. The fourth-order valence-corrected chi connectivity index (χ4v) is 5.66. The zero-order valence-corrected chi connectivity index (χ0v) is 23.6. The molecular weight excluding hydrogens is 526 g/mol. The van der Waals surface area contributed by atoms with E-state index in [1.807, 2.05) is 37.5 Å². The van der Waals surface area contributed by atoms with E-state index in [0.29, 0.717) is 23.1 Å². The van der Waals surface area contributed by atoms with E-state index in [4.69, 9.17) is 15.2 Å². The summed E-state index contributed by atoms with van der Waals surface area (Å²) in [4.78, 5) is 37.3. The molecule has 3 N–H and O–H groups in total. The molecular formula is C26H31N5O5S2. The highest BCUT2D eigenvalue weighted by atomic mass is 32.2. The van der Waals surface area contributed by atoms with Gasteiger partial charge in [0.1, 0.15) is 10.8 Å². The summed E-state index contributed by atoms with van der Waals surface area (Å²) < 4.78 is 13.1. The number of primary amides is 1. The van der Waals surface area contributed by atoms with E-state index in [1.165, 1.54) is 11.8 Å². The molecule has 1 unspecified atom stereocenters. The minimum Gasteiger partial charge on any atom is -0.483 e. The van der Waals surface area contributed by atoms with Crippen molar-refractivity contribution in [3.63, 3.8) is 0 Å². The van der Waals surface area contributed by atoms with Crippen LogP contribution in [0.5, 0.6) is 5.75 Å². The van der Waals surface area contributed by atoms with Gasteiger partial charge in [-0.15, -0.1) is 28.1 Å². The van der Waals surface area contributed by atoms with Crippen molar-refractivity contribution in [3.8, 4) is 5.75 Å². The fraction of sp³-hybridized carbons (Fsp3) is 0.346. The number of nitrogens with two attached hydrogens (primary N) is 1. The minimum absolute atomic E-state index is 0.0211. The Kier molecular flexibility index (Phi) is 9.70. The number of benzene rings is 1. The number of nitrogens with zero attached hydrogens (tertiary/aromatic N) is 3. The van der Waals surface area contributed by atoms with Crippen LogP contribution in [0.25, 0.3) is 0 Å². The summed E-state index contributed by atoms with van der Waals surface area (Å²) in [6, 6.07) is 5.98. The Labute approximate surface area is 229 Å². The SMILES string of the molecule is C=CCn1c(SCC(=O)Nc2sc(C(N)=O)c(C)c2C(=O)OCC)nnc1C(C)Oc1cc(C)cc(C)c1. The van der Waals surface area contributed by atoms with Gasteiger partial charge in [0.25, 0.3) is 5.91 Å². The number of hydrogen-bond acceptors (Lipinski definition) is 9. The van der Waals surface area contributed by atoms with Gasteiger partial charge in [-0.05, 0) is 63.4 Å². The van der Waals surface area contributed by atoms with Crippen LogP contribution in [0, 0.1) is 20.8 Å². The first kappa shape index (κ1) is 28.9. The number of aryl methyl sites for hydroxylation is 2. The van der Waals surface area contributed by atoms with Crippen LogP contribution < -0.4 is 15.8 Å². The summed E-state index contributed by atoms with van der Waals surface area (Å²) >= 11 is 2.12. The predicted octanol–water partition coefficient (Wildman–Crippen LogP) is 4.60. The second kappa shape index (κ2) is 12.7. The molecule has 3 rings (SSSR count). The average molecular weight is 558 g/mol. The van der Waals surface area contributed by atoms with E-state index in [9.17, 15) is 14.4 Å². The lowest BCUT2D eigenvalue weighted by atomic mass is 10.1. The largest absolute Gasteiger partial charge is 0.483 e. The smallest absolute Gasteiger partial charge is 0.341 e. The zero-order chi connectivity index (χ0) is 28.0. The van der Waals surface area contributed by atoms with Crippen molar-refractivity contribution >= 4 is 45.9 Å². The number of thioether (sulfide) groups is 1. The van der Waals surface area contributed by atoms with Crippen molar-refractivity contribution in [1.29, 1.82) is 0 Å². The Morgan fingerprint density at radius 3 is 2.50 bits per heavy atom. The molecule has 202 valence electrons. The Morgan fingerprint density at radius 1 is 1.21 bits per heavy atom. The number of thiophene rings is 1. The number of hydrogen-bond donors (Lipinski definition) is 2. The molecule has 2 amide bonds. The predicted molar refractivity (Wildman–Crippen MR) is 148 cm³/mol. The quantitative estimate of drug-likeness (QED) is 0.187. The second-order valence-corrected chi connectivity index (χ2v) is 10.5. The number of anilines is 1. The van der Waals surface area contributed by atoms with Crippen molar-refractivity contribution in [3.05, 3.63) is 63.8 Å². The lowest BCUT2D eigenvalue weighted by molar-refractivity contribution is -0.113. The van der Waals surface area contributed by atoms with Crippen LogP contribution >= 0.6 is 23.1 Å². The maximum absolute atomic E-state index is 12.8. The summed E-state index contributed by atoms with van der Waals surface area (Å²) in [7, 11) is 0. The second-order valence-electron chi connectivity index (χ2n) is 8.51. The number of allylic oxidation sites excluding steroid dienone is 1. The maximum atomic E-state index is 12.8. The molecule has 0 fully saturated rings. The highest BCUT2D eigenvalue weighted by molar-refractivity contribution is 7.99. The van der Waals surface area contributed by atoms with Crippen LogP contribution in [-0.2, 0) is 16.1 Å². The third-order valence-electron chi connectivity index (χ3n) is 5.36. The van der Waals surface area contributed by atoms with Gasteiger partial charge in [0, 0.05) is 6.54 Å². The number of nitrogens with one attached hydrogen (secondary N) is 1. The highest BCUT2D eigenvalue weighted by Gasteiger charge is 2.26. The molecule has 12 heteroatoms. The fourth-order valence-electron chi connectivity index (χ4n) is 3.84. The third kappa shape index (κ3) is 6.81. The Bertz CT molecular complexity index is 1340. The average Bonchev–Trinajstić information content (AvgIpc) is 3.38. The number of rotatable bonds is 12. The molecule has 2 aromatic heterocycles. The van der Waals surface area contributed by atoms with E-state index >= 15 is 0 Å². The molecule has 1 atom stereocenters. The monoisotopic (exact) mass is 557 g/mol. The van der Waals surface area contributed by atoms with E-state index < -0.39 is 23.9 Å². The highest BCUT2D eigenvalue weighted by Crippen LogP contribution is 2.34. The summed E-state index contributed by atoms with van der Waals surface area (Å²) in [5.74, 6) is -0.411. The van der Waals surface area contributed by atoms with Gasteiger partial charge in [-0.1, -0.05) is 23.9 Å². The third-order valence-corrected chi connectivity index (χ3v) is 7.55. The summed E-state index contributed by atoms with van der Waals surface area (Å²) in [5, 5.41) is 12.0. The molecule has 0 spiro atoms. The van der Waals surface area contributed by atoms with Crippen LogP contribution in [0.4, 0.5) is 5.00 Å². The first-order valence-corrected chi connectivity index (χ1v) is 13.7. The molecule has 0 aliphatic heterocycles.